The van der Waals surface area contributed by atoms with Crippen molar-refractivity contribution in [2.75, 3.05) is 0 Å². The van der Waals surface area contributed by atoms with Crippen LogP contribution in [0.15, 0.2) is 60.7 Å². The molecule has 2 unspecified atom stereocenters. The lowest BCUT2D eigenvalue weighted by atomic mass is 10.1. The minimum absolute atomic E-state index is 0.653. The number of benzene rings is 2. The lowest BCUT2D eigenvalue weighted by molar-refractivity contribution is 0.941. The van der Waals surface area contributed by atoms with Crippen molar-refractivity contribution in [1.82, 2.24) is 0 Å². The summed E-state index contributed by atoms with van der Waals surface area (Å²) in [7, 11) is 4.03. The molecule has 2 aromatic rings. The van der Waals surface area contributed by atoms with Gasteiger partial charge in [0.25, 0.3) is 0 Å². The zero-order chi connectivity index (χ0) is 14.2. The molecule has 0 spiro atoms. The van der Waals surface area contributed by atoms with Crippen LogP contribution in [-0.4, -0.2) is 10.5 Å². The van der Waals surface area contributed by atoms with Crippen molar-refractivity contribution in [1.29, 1.82) is 0 Å². The Morgan fingerprint density at radius 3 is 1.35 bits per heavy atom. The van der Waals surface area contributed by atoms with Crippen LogP contribution >= 0.6 is 21.6 Å². The standard InChI is InChI=1S/C18H22S2/c1-15(13-17-9-5-3-6-10-17)19-20-16(2)14-18-11-7-4-8-12-18/h3-12,15-16H,13-14H2,1-2H3. The van der Waals surface area contributed by atoms with Crippen molar-refractivity contribution in [3.05, 3.63) is 71.8 Å². The molecule has 0 radical (unpaired) electrons. The van der Waals surface area contributed by atoms with Crippen molar-refractivity contribution in [2.45, 2.75) is 37.2 Å². The molecule has 106 valence electrons. The minimum atomic E-state index is 0.653. The first-order chi connectivity index (χ1) is 9.74. The molecule has 0 N–H and O–H groups in total. The Balaban J connectivity index is 1.71. The lowest BCUT2D eigenvalue weighted by Crippen LogP contribution is -2.04. The molecule has 2 atom stereocenters. The van der Waals surface area contributed by atoms with Gasteiger partial charge in [-0.05, 0) is 24.0 Å². The van der Waals surface area contributed by atoms with E-state index in [2.05, 4.69) is 74.5 Å². The molecular formula is C18H22S2. The summed E-state index contributed by atoms with van der Waals surface area (Å²) in [6.07, 6.45) is 2.30. The average molecular weight is 303 g/mol. The Hall–Kier alpha value is -0.860. The topological polar surface area (TPSA) is 0 Å². The van der Waals surface area contributed by atoms with Crippen LogP contribution in [0.2, 0.25) is 0 Å². The summed E-state index contributed by atoms with van der Waals surface area (Å²) in [6.45, 7) is 4.64. The highest BCUT2D eigenvalue weighted by atomic mass is 33.1. The van der Waals surface area contributed by atoms with Crippen LogP contribution in [0.1, 0.15) is 25.0 Å². The lowest BCUT2D eigenvalue weighted by Gasteiger charge is -2.15. The summed E-state index contributed by atoms with van der Waals surface area (Å²) in [4.78, 5) is 0. The van der Waals surface area contributed by atoms with Gasteiger partial charge in [0, 0.05) is 10.5 Å². The van der Waals surface area contributed by atoms with Crippen LogP contribution in [0.3, 0.4) is 0 Å². The molecule has 0 saturated carbocycles. The third kappa shape index (κ3) is 5.64. The van der Waals surface area contributed by atoms with Crippen LogP contribution < -0.4 is 0 Å². The molecular weight excluding hydrogens is 280 g/mol. The van der Waals surface area contributed by atoms with E-state index in [9.17, 15) is 0 Å². The third-order valence-electron chi connectivity index (χ3n) is 3.12. The van der Waals surface area contributed by atoms with Gasteiger partial charge >= 0.3 is 0 Å². The molecule has 0 aliphatic carbocycles. The van der Waals surface area contributed by atoms with Gasteiger partial charge < -0.3 is 0 Å². The van der Waals surface area contributed by atoms with E-state index in [0.29, 0.717) is 10.5 Å². The van der Waals surface area contributed by atoms with Crippen LogP contribution in [0.5, 0.6) is 0 Å². The van der Waals surface area contributed by atoms with Gasteiger partial charge in [-0.15, -0.1) is 0 Å². The maximum absolute atomic E-state index is 2.32. The van der Waals surface area contributed by atoms with E-state index < -0.39 is 0 Å². The maximum atomic E-state index is 2.32. The number of rotatable bonds is 7. The van der Waals surface area contributed by atoms with Crippen LogP contribution in [-0.2, 0) is 12.8 Å². The van der Waals surface area contributed by atoms with Gasteiger partial charge in [0.15, 0.2) is 0 Å². The van der Waals surface area contributed by atoms with E-state index in [-0.39, 0.29) is 0 Å². The van der Waals surface area contributed by atoms with E-state index >= 15 is 0 Å². The molecule has 0 aromatic heterocycles. The van der Waals surface area contributed by atoms with Crippen molar-refractivity contribution in [3.8, 4) is 0 Å². The van der Waals surface area contributed by atoms with Gasteiger partial charge in [-0.3, -0.25) is 0 Å². The van der Waals surface area contributed by atoms with Crippen molar-refractivity contribution < 1.29 is 0 Å². The summed E-state index contributed by atoms with van der Waals surface area (Å²) in [6, 6.07) is 21.5. The molecule has 0 nitrogen and oxygen atoms in total. The SMILES string of the molecule is CC(Cc1ccccc1)SSC(C)Cc1ccccc1. The molecule has 0 saturated heterocycles. The van der Waals surface area contributed by atoms with Gasteiger partial charge in [-0.25, -0.2) is 0 Å². The number of hydrogen-bond donors (Lipinski definition) is 0. The van der Waals surface area contributed by atoms with E-state index in [1.807, 2.05) is 21.6 Å². The molecule has 0 bridgehead atoms. The first-order valence-electron chi connectivity index (χ1n) is 7.14. The Morgan fingerprint density at radius 2 is 1.00 bits per heavy atom. The molecule has 0 aliphatic rings. The molecule has 0 fully saturated rings. The zero-order valence-corrected chi connectivity index (χ0v) is 13.8. The fourth-order valence-corrected chi connectivity index (χ4v) is 4.60. The molecule has 20 heavy (non-hydrogen) atoms. The molecule has 0 heterocycles. The molecule has 2 heteroatoms. The second-order valence-corrected chi connectivity index (χ2v) is 8.34. The van der Waals surface area contributed by atoms with Crippen LogP contribution in [0.25, 0.3) is 0 Å². The van der Waals surface area contributed by atoms with Crippen LogP contribution in [0, 0.1) is 0 Å². The van der Waals surface area contributed by atoms with Gasteiger partial charge in [0.1, 0.15) is 0 Å². The highest BCUT2D eigenvalue weighted by molar-refractivity contribution is 8.77. The third-order valence-corrected chi connectivity index (χ3v) is 6.52. The van der Waals surface area contributed by atoms with Gasteiger partial charge in [-0.2, -0.15) is 0 Å². The Kier molecular flexibility index (Phi) is 6.55. The Morgan fingerprint density at radius 1 is 0.650 bits per heavy atom. The quantitative estimate of drug-likeness (QED) is 0.608. The molecule has 2 rings (SSSR count). The second kappa shape index (κ2) is 8.43. The monoisotopic (exact) mass is 302 g/mol. The highest BCUT2D eigenvalue weighted by Crippen LogP contribution is 2.33. The summed E-state index contributed by atoms with van der Waals surface area (Å²) >= 11 is 0. The smallest absolute Gasteiger partial charge is 0.0163 e. The fourth-order valence-electron chi connectivity index (χ4n) is 2.15. The number of hydrogen-bond acceptors (Lipinski definition) is 2. The molecule has 0 amide bonds. The fraction of sp³-hybridized carbons (Fsp3) is 0.333. The maximum Gasteiger partial charge on any atom is 0.0163 e. The summed E-state index contributed by atoms with van der Waals surface area (Å²) in [5, 5.41) is 1.31. The first kappa shape index (κ1) is 15.5. The zero-order valence-electron chi connectivity index (χ0n) is 12.2. The Labute approximate surface area is 130 Å². The summed E-state index contributed by atoms with van der Waals surface area (Å²) in [5.41, 5.74) is 2.87. The van der Waals surface area contributed by atoms with Gasteiger partial charge in [0.05, 0.1) is 0 Å². The van der Waals surface area contributed by atoms with Crippen molar-refractivity contribution in [2.24, 2.45) is 0 Å². The molecule has 0 aliphatic heterocycles. The molecule has 2 aromatic carbocycles. The highest BCUT2D eigenvalue weighted by Gasteiger charge is 2.09. The first-order valence-corrected chi connectivity index (χ1v) is 9.41. The van der Waals surface area contributed by atoms with Crippen LogP contribution in [0.4, 0.5) is 0 Å². The van der Waals surface area contributed by atoms with E-state index in [1.165, 1.54) is 11.1 Å². The predicted octanol–water partition coefficient (Wildman–Crippen LogP) is 5.63. The minimum Gasteiger partial charge on any atom is -0.0904 e. The summed E-state index contributed by atoms with van der Waals surface area (Å²) in [5.74, 6) is 0. The normalized spacial score (nSPS) is 13.9. The van der Waals surface area contributed by atoms with E-state index in [1.54, 1.807) is 0 Å². The van der Waals surface area contributed by atoms with Crippen molar-refractivity contribution >= 4 is 21.6 Å². The average Bonchev–Trinajstić information content (AvgIpc) is 2.47. The second-order valence-electron chi connectivity index (χ2n) is 5.19. The Bertz CT molecular complexity index is 434. The van der Waals surface area contributed by atoms with E-state index in [4.69, 9.17) is 0 Å². The van der Waals surface area contributed by atoms with Gasteiger partial charge in [0.2, 0.25) is 0 Å². The summed E-state index contributed by atoms with van der Waals surface area (Å²) < 4.78 is 0. The van der Waals surface area contributed by atoms with E-state index in [0.717, 1.165) is 12.8 Å². The van der Waals surface area contributed by atoms with Crippen molar-refractivity contribution in [3.63, 3.8) is 0 Å². The van der Waals surface area contributed by atoms with Gasteiger partial charge in [-0.1, -0.05) is 96.1 Å². The largest absolute Gasteiger partial charge is 0.0904 e. The predicted molar refractivity (Wildman–Crippen MR) is 94.4 cm³/mol.